The van der Waals surface area contributed by atoms with E-state index in [4.69, 9.17) is 0 Å². The molecule has 2 saturated carbocycles. The molecular formula is C11H21N. The lowest BCUT2D eigenvalue weighted by atomic mass is 9.76. The van der Waals surface area contributed by atoms with Gasteiger partial charge in [-0.25, -0.2) is 0 Å². The third-order valence-corrected chi connectivity index (χ3v) is 4.10. The van der Waals surface area contributed by atoms with Crippen LogP contribution in [-0.2, 0) is 0 Å². The molecule has 0 amide bonds. The lowest BCUT2D eigenvalue weighted by molar-refractivity contribution is 0.210. The summed E-state index contributed by atoms with van der Waals surface area (Å²) in [7, 11) is 2.10. The van der Waals surface area contributed by atoms with E-state index in [0.29, 0.717) is 0 Å². The molecule has 0 aromatic heterocycles. The molecular weight excluding hydrogens is 146 g/mol. The SMILES string of the molecule is CNC(C)C1CCCC2(CC2)C1. The van der Waals surface area contributed by atoms with Gasteiger partial charge in [-0.15, -0.1) is 0 Å². The highest BCUT2D eigenvalue weighted by Crippen LogP contribution is 2.57. The molecule has 0 aliphatic heterocycles. The Balaban J connectivity index is 1.90. The van der Waals surface area contributed by atoms with Gasteiger partial charge in [-0.2, -0.15) is 0 Å². The van der Waals surface area contributed by atoms with Crippen molar-refractivity contribution in [2.45, 2.75) is 51.5 Å². The Hall–Kier alpha value is -0.0400. The molecule has 1 spiro atoms. The fourth-order valence-electron chi connectivity index (χ4n) is 2.79. The fourth-order valence-corrected chi connectivity index (χ4v) is 2.79. The summed E-state index contributed by atoms with van der Waals surface area (Å²) < 4.78 is 0. The predicted molar refractivity (Wildman–Crippen MR) is 52.1 cm³/mol. The molecule has 1 N–H and O–H groups in total. The third-order valence-electron chi connectivity index (χ3n) is 4.10. The molecule has 12 heavy (non-hydrogen) atoms. The summed E-state index contributed by atoms with van der Waals surface area (Å²) in [6, 6.07) is 0.739. The number of hydrogen-bond donors (Lipinski definition) is 1. The zero-order valence-electron chi connectivity index (χ0n) is 8.40. The van der Waals surface area contributed by atoms with Gasteiger partial charge in [0.1, 0.15) is 0 Å². The average Bonchev–Trinajstić information content (AvgIpc) is 2.84. The second kappa shape index (κ2) is 3.02. The molecule has 0 aromatic carbocycles. The van der Waals surface area contributed by atoms with Crippen LogP contribution in [0, 0.1) is 11.3 Å². The molecule has 0 radical (unpaired) electrons. The Morgan fingerprint density at radius 3 is 2.67 bits per heavy atom. The molecule has 0 bridgehead atoms. The fraction of sp³-hybridized carbons (Fsp3) is 1.00. The zero-order valence-corrected chi connectivity index (χ0v) is 8.40. The van der Waals surface area contributed by atoms with Gasteiger partial charge >= 0.3 is 0 Å². The maximum atomic E-state index is 3.40. The summed E-state index contributed by atoms with van der Waals surface area (Å²) in [5, 5.41) is 3.40. The van der Waals surface area contributed by atoms with Crippen molar-refractivity contribution in [3.05, 3.63) is 0 Å². The first-order valence-corrected chi connectivity index (χ1v) is 5.43. The summed E-state index contributed by atoms with van der Waals surface area (Å²) in [6.45, 7) is 2.34. The molecule has 2 unspecified atom stereocenters. The first-order chi connectivity index (χ1) is 5.76. The van der Waals surface area contributed by atoms with E-state index in [9.17, 15) is 0 Å². The van der Waals surface area contributed by atoms with E-state index in [2.05, 4.69) is 19.3 Å². The van der Waals surface area contributed by atoms with E-state index in [1.165, 1.54) is 38.5 Å². The Bertz CT molecular complexity index is 160. The second-order valence-electron chi connectivity index (χ2n) is 4.93. The first-order valence-electron chi connectivity index (χ1n) is 5.43. The largest absolute Gasteiger partial charge is 0.317 e. The normalized spacial score (nSPS) is 35.0. The highest BCUT2D eigenvalue weighted by molar-refractivity contribution is 4.98. The van der Waals surface area contributed by atoms with Crippen molar-refractivity contribution in [1.29, 1.82) is 0 Å². The molecule has 1 heteroatoms. The quantitative estimate of drug-likeness (QED) is 0.666. The molecule has 70 valence electrons. The summed E-state index contributed by atoms with van der Waals surface area (Å²) in [5.41, 5.74) is 0.841. The van der Waals surface area contributed by atoms with Crippen LogP contribution in [-0.4, -0.2) is 13.1 Å². The van der Waals surface area contributed by atoms with Crippen LogP contribution in [0.3, 0.4) is 0 Å². The number of hydrogen-bond acceptors (Lipinski definition) is 1. The Morgan fingerprint density at radius 2 is 2.08 bits per heavy atom. The average molecular weight is 167 g/mol. The van der Waals surface area contributed by atoms with Gasteiger partial charge in [-0.3, -0.25) is 0 Å². The van der Waals surface area contributed by atoms with Gasteiger partial charge in [0.05, 0.1) is 0 Å². The molecule has 0 saturated heterocycles. The monoisotopic (exact) mass is 167 g/mol. The summed E-state index contributed by atoms with van der Waals surface area (Å²) in [6.07, 6.45) is 9.04. The van der Waals surface area contributed by atoms with Crippen LogP contribution in [0.2, 0.25) is 0 Å². The van der Waals surface area contributed by atoms with Crippen LogP contribution in [0.15, 0.2) is 0 Å². The van der Waals surface area contributed by atoms with Crippen molar-refractivity contribution < 1.29 is 0 Å². The van der Waals surface area contributed by atoms with Gasteiger partial charge < -0.3 is 5.32 Å². The Labute approximate surface area is 75.9 Å². The van der Waals surface area contributed by atoms with Crippen LogP contribution in [0.5, 0.6) is 0 Å². The van der Waals surface area contributed by atoms with Crippen LogP contribution in [0.4, 0.5) is 0 Å². The highest BCUT2D eigenvalue weighted by Gasteiger charge is 2.46. The molecule has 2 fully saturated rings. The predicted octanol–water partition coefficient (Wildman–Crippen LogP) is 2.56. The van der Waals surface area contributed by atoms with E-state index in [1.54, 1.807) is 0 Å². The minimum atomic E-state index is 0.739. The van der Waals surface area contributed by atoms with Gasteiger partial charge in [-0.05, 0) is 57.4 Å². The van der Waals surface area contributed by atoms with Gasteiger partial charge in [0.2, 0.25) is 0 Å². The molecule has 1 nitrogen and oxygen atoms in total. The van der Waals surface area contributed by atoms with E-state index in [-0.39, 0.29) is 0 Å². The van der Waals surface area contributed by atoms with Crippen LogP contribution >= 0.6 is 0 Å². The topological polar surface area (TPSA) is 12.0 Å². The zero-order chi connectivity index (χ0) is 8.60. The summed E-state index contributed by atoms with van der Waals surface area (Å²) in [4.78, 5) is 0. The van der Waals surface area contributed by atoms with Crippen molar-refractivity contribution in [2.24, 2.45) is 11.3 Å². The van der Waals surface area contributed by atoms with E-state index in [0.717, 1.165) is 17.4 Å². The summed E-state index contributed by atoms with van der Waals surface area (Å²) >= 11 is 0. The minimum absolute atomic E-state index is 0.739. The van der Waals surface area contributed by atoms with E-state index >= 15 is 0 Å². The van der Waals surface area contributed by atoms with Crippen molar-refractivity contribution >= 4 is 0 Å². The van der Waals surface area contributed by atoms with Gasteiger partial charge in [0.25, 0.3) is 0 Å². The second-order valence-corrected chi connectivity index (χ2v) is 4.93. The minimum Gasteiger partial charge on any atom is -0.317 e. The molecule has 0 aromatic rings. The van der Waals surface area contributed by atoms with Crippen molar-refractivity contribution in [2.75, 3.05) is 7.05 Å². The third kappa shape index (κ3) is 1.52. The lowest BCUT2D eigenvalue weighted by Gasteiger charge is -2.33. The van der Waals surface area contributed by atoms with E-state index < -0.39 is 0 Å². The molecule has 2 aliphatic rings. The molecule has 2 atom stereocenters. The molecule has 2 rings (SSSR count). The Morgan fingerprint density at radius 1 is 1.33 bits per heavy atom. The van der Waals surface area contributed by atoms with Gasteiger partial charge in [0, 0.05) is 6.04 Å². The maximum Gasteiger partial charge on any atom is 0.00642 e. The number of nitrogens with one attached hydrogen (secondary N) is 1. The Kier molecular flexibility index (Phi) is 2.16. The van der Waals surface area contributed by atoms with Crippen LogP contribution in [0.25, 0.3) is 0 Å². The van der Waals surface area contributed by atoms with Gasteiger partial charge in [-0.1, -0.05) is 6.42 Å². The van der Waals surface area contributed by atoms with Crippen molar-refractivity contribution in [1.82, 2.24) is 5.32 Å². The number of rotatable bonds is 2. The standard InChI is InChI=1S/C11H21N/c1-9(12-2)10-4-3-5-11(8-10)6-7-11/h9-10,12H,3-8H2,1-2H3. The van der Waals surface area contributed by atoms with E-state index in [1.807, 2.05) is 0 Å². The highest BCUT2D eigenvalue weighted by atomic mass is 14.9. The molecule has 2 aliphatic carbocycles. The van der Waals surface area contributed by atoms with Crippen LogP contribution in [0.1, 0.15) is 45.4 Å². The maximum absolute atomic E-state index is 3.40. The summed E-state index contributed by atoms with van der Waals surface area (Å²) in [5.74, 6) is 0.964. The van der Waals surface area contributed by atoms with Crippen molar-refractivity contribution in [3.63, 3.8) is 0 Å². The first kappa shape index (κ1) is 8.55. The van der Waals surface area contributed by atoms with Gasteiger partial charge in [0.15, 0.2) is 0 Å². The smallest absolute Gasteiger partial charge is 0.00642 e. The molecule has 0 heterocycles. The lowest BCUT2D eigenvalue weighted by Crippen LogP contribution is -2.34. The van der Waals surface area contributed by atoms with Crippen molar-refractivity contribution in [3.8, 4) is 0 Å². The van der Waals surface area contributed by atoms with Crippen LogP contribution < -0.4 is 5.32 Å².